The second-order valence-electron chi connectivity index (χ2n) is 7.97. The van der Waals surface area contributed by atoms with Crippen molar-refractivity contribution in [3.05, 3.63) is 69.6 Å². The molecule has 1 aliphatic carbocycles. The number of aromatic nitrogens is 1. The highest BCUT2D eigenvalue weighted by Crippen LogP contribution is 2.28. The summed E-state index contributed by atoms with van der Waals surface area (Å²) < 4.78 is 6.64. The van der Waals surface area contributed by atoms with E-state index in [0.717, 1.165) is 37.7 Å². The normalized spacial score (nSPS) is 14.9. The molecule has 1 aromatic heterocycles. The van der Waals surface area contributed by atoms with E-state index in [2.05, 4.69) is 10.6 Å². The fourth-order valence-corrected chi connectivity index (χ4v) is 4.07. The smallest absolute Gasteiger partial charge is 0.328 e. The number of hydrogen-bond acceptors (Lipinski definition) is 5. The van der Waals surface area contributed by atoms with Crippen LogP contribution >= 0.6 is 0 Å². The van der Waals surface area contributed by atoms with Gasteiger partial charge in [0.25, 0.3) is 11.8 Å². The average molecular weight is 440 g/mol. The molecule has 0 saturated heterocycles. The highest BCUT2D eigenvalue weighted by atomic mass is 16.5. The fraction of sp³-hybridized carbons (Fsp3) is 0.417. The van der Waals surface area contributed by atoms with Gasteiger partial charge in [-0.25, -0.2) is 4.79 Å². The first-order valence-corrected chi connectivity index (χ1v) is 10.8. The monoisotopic (exact) mass is 439 g/mol. The molecule has 0 bridgehead atoms. The third kappa shape index (κ3) is 5.43. The standard InChI is InChI=1S/C24H29N3O5/c1-25-22(29)18-14-27(17-11-7-4-8-12-17)15-19(21(18)28)23(30)26-20(24(31)32-2)13-16-9-5-3-6-10-16/h3,5-6,9-10,14-15,17,20H,4,7-8,11-13H2,1-2H3,(H,25,29)(H,26,30)/t20-/m0/s1. The predicted octanol–water partition coefficient (Wildman–Crippen LogP) is 2.23. The first-order valence-electron chi connectivity index (χ1n) is 10.8. The molecular formula is C24H29N3O5. The van der Waals surface area contributed by atoms with E-state index in [9.17, 15) is 19.2 Å². The van der Waals surface area contributed by atoms with Crippen LogP contribution in [0.15, 0.2) is 47.5 Å². The Morgan fingerprint density at radius 2 is 1.66 bits per heavy atom. The second-order valence-corrected chi connectivity index (χ2v) is 7.97. The molecule has 2 amide bonds. The minimum absolute atomic E-state index is 0.0941. The number of amides is 2. The number of ether oxygens (including phenoxy) is 1. The van der Waals surface area contributed by atoms with E-state index in [1.54, 1.807) is 4.57 Å². The van der Waals surface area contributed by atoms with Gasteiger partial charge in [-0.2, -0.15) is 0 Å². The molecule has 0 unspecified atom stereocenters. The average Bonchev–Trinajstić information content (AvgIpc) is 2.83. The lowest BCUT2D eigenvalue weighted by molar-refractivity contribution is -0.142. The van der Waals surface area contributed by atoms with E-state index in [1.165, 1.54) is 26.6 Å². The van der Waals surface area contributed by atoms with Crippen LogP contribution in [0.3, 0.4) is 0 Å². The lowest BCUT2D eigenvalue weighted by Gasteiger charge is -2.26. The molecule has 1 aliphatic rings. The van der Waals surface area contributed by atoms with E-state index in [0.29, 0.717) is 0 Å². The van der Waals surface area contributed by atoms with Crippen LogP contribution in [0.1, 0.15) is 64.4 Å². The van der Waals surface area contributed by atoms with Gasteiger partial charge in [-0.15, -0.1) is 0 Å². The zero-order valence-corrected chi connectivity index (χ0v) is 18.4. The highest BCUT2D eigenvalue weighted by molar-refractivity contribution is 6.00. The third-order valence-electron chi connectivity index (χ3n) is 5.83. The van der Waals surface area contributed by atoms with Crippen LogP contribution in [-0.4, -0.2) is 42.6 Å². The van der Waals surface area contributed by atoms with Crippen molar-refractivity contribution in [2.45, 2.75) is 50.6 Å². The summed E-state index contributed by atoms with van der Waals surface area (Å²) in [5.41, 5.74) is -0.0961. The van der Waals surface area contributed by atoms with Crippen LogP contribution in [0.4, 0.5) is 0 Å². The van der Waals surface area contributed by atoms with Crippen molar-refractivity contribution in [3.63, 3.8) is 0 Å². The van der Waals surface area contributed by atoms with Gasteiger partial charge in [0.2, 0.25) is 5.43 Å². The zero-order valence-electron chi connectivity index (χ0n) is 18.4. The molecule has 8 nitrogen and oxygen atoms in total. The van der Waals surface area contributed by atoms with Gasteiger partial charge in [-0.3, -0.25) is 14.4 Å². The summed E-state index contributed by atoms with van der Waals surface area (Å²) in [4.78, 5) is 50.7. The number of carbonyl (C=O) groups is 3. The first-order chi connectivity index (χ1) is 15.4. The molecule has 0 aliphatic heterocycles. The quantitative estimate of drug-likeness (QED) is 0.644. The highest BCUT2D eigenvalue weighted by Gasteiger charge is 2.27. The first kappa shape index (κ1) is 23.2. The number of benzene rings is 1. The Bertz CT molecular complexity index is 1030. The van der Waals surface area contributed by atoms with Crippen molar-refractivity contribution in [2.24, 2.45) is 0 Å². The van der Waals surface area contributed by atoms with Gasteiger partial charge >= 0.3 is 5.97 Å². The molecule has 1 atom stereocenters. The molecule has 170 valence electrons. The van der Waals surface area contributed by atoms with Crippen LogP contribution in [0.2, 0.25) is 0 Å². The zero-order chi connectivity index (χ0) is 23.1. The maximum Gasteiger partial charge on any atom is 0.328 e. The van der Waals surface area contributed by atoms with Crippen LogP contribution in [-0.2, 0) is 16.0 Å². The molecule has 1 heterocycles. The maximum absolute atomic E-state index is 13.1. The van der Waals surface area contributed by atoms with Crippen molar-refractivity contribution >= 4 is 17.8 Å². The summed E-state index contributed by atoms with van der Waals surface area (Å²) >= 11 is 0. The van der Waals surface area contributed by atoms with Gasteiger partial charge in [-0.05, 0) is 18.4 Å². The SMILES string of the molecule is CNC(=O)c1cn(C2CCCCC2)cc(C(=O)N[C@@H](Cc2ccccc2)C(=O)OC)c1=O. The van der Waals surface area contributed by atoms with E-state index in [1.807, 2.05) is 30.3 Å². The molecule has 0 radical (unpaired) electrons. The van der Waals surface area contributed by atoms with Gasteiger partial charge < -0.3 is 19.9 Å². The molecule has 1 aromatic carbocycles. The van der Waals surface area contributed by atoms with E-state index < -0.39 is 29.3 Å². The van der Waals surface area contributed by atoms with Crippen molar-refractivity contribution in [1.29, 1.82) is 0 Å². The van der Waals surface area contributed by atoms with E-state index in [4.69, 9.17) is 4.74 Å². The van der Waals surface area contributed by atoms with Crippen molar-refractivity contribution < 1.29 is 19.1 Å². The summed E-state index contributed by atoms with van der Waals surface area (Å²) in [7, 11) is 2.68. The maximum atomic E-state index is 13.1. The summed E-state index contributed by atoms with van der Waals surface area (Å²) in [5.74, 6) is -1.88. The Balaban J connectivity index is 1.94. The minimum Gasteiger partial charge on any atom is -0.467 e. The Kier molecular flexibility index (Phi) is 7.81. The van der Waals surface area contributed by atoms with Crippen LogP contribution in [0, 0.1) is 0 Å². The number of hydrogen-bond donors (Lipinski definition) is 2. The van der Waals surface area contributed by atoms with Crippen molar-refractivity contribution in [2.75, 3.05) is 14.2 Å². The van der Waals surface area contributed by atoms with E-state index >= 15 is 0 Å². The summed E-state index contributed by atoms with van der Waals surface area (Å²) in [5, 5.41) is 5.09. The number of carbonyl (C=O) groups excluding carboxylic acids is 3. The number of nitrogens with one attached hydrogen (secondary N) is 2. The largest absolute Gasteiger partial charge is 0.467 e. The molecule has 32 heavy (non-hydrogen) atoms. The Labute approximate surface area is 187 Å². The van der Waals surface area contributed by atoms with Gasteiger partial charge in [-0.1, -0.05) is 49.6 Å². The summed E-state index contributed by atoms with van der Waals surface area (Å²) in [6.45, 7) is 0. The molecule has 2 aromatic rings. The number of nitrogens with zero attached hydrogens (tertiary/aromatic N) is 1. The Hall–Kier alpha value is -3.42. The predicted molar refractivity (Wildman–Crippen MR) is 120 cm³/mol. The van der Waals surface area contributed by atoms with Gasteiger partial charge in [0.05, 0.1) is 7.11 Å². The van der Waals surface area contributed by atoms with E-state index in [-0.39, 0.29) is 23.6 Å². The molecule has 0 spiro atoms. The molecule has 3 rings (SSSR count). The van der Waals surface area contributed by atoms with Gasteiger partial charge in [0.15, 0.2) is 0 Å². The summed E-state index contributed by atoms with van der Waals surface area (Å²) in [6, 6.07) is 8.34. The topological polar surface area (TPSA) is 106 Å². The number of rotatable bonds is 7. The van der Waals surface area contributed by atoms with Gasteiger partial charge in [0, 0.05) is 31.9 Å². The number of esters is 1. The van der Waals surface area contributed by atoms with Crippen LogP contribution < -0.4 is 16.1 Å². The summed E-state index contributed by atoms with van der Waals surface area (Å²) in [6.07, 6.45) is 8.31. The Morgan fingerprint density at radius 1 is 1.03 bits per heavy atom. The Morgan fingerprint density at radius 3 is 2.25 bits per heavy atom. The molecule has 1 fully saturated rings. The van der Waals surface area contributed by atoms with Crippen LogP contribution in [0.5, 0.6) is 0 Å². The minimum atomic E-state index is -0.971. The molecular weight excluding hydrogens is 410 g/mol. The lowest BCUT2D eigenvalue weighted by Crippen LogP contribution is -2.45. The van der Waals surface area contributed by atoms with Gasteiger partial charge in [0.1, 0.15) is 17.2 Å². The molecule has 1 saturated carbocycles. The number of methoxy groups -OCH3 is 1. The lowest BCUT2D eigenvalue weighted by atomic mass is 9.95. The van der Waals surface area contributed by atoms with Crippen LogP contribution in [0.25, 0.3) is 0 Å². The molecule has 2 N–H and O–H groups in total. The second kappa shape index (κ2) is 10.7. The molecule has 8 heteroatoms. The fourth-order valence-electron chi connectivity index (χ4n) is 4.07. The third-order valence-corrected chi connectivity index (χ3v) is 5.83. The van der Waals surface area contributed by atoms with Crippen molar-refractivity contribution in [3.8, 4) is 0 Å². The number of pyridine rings is 1. The van der Waals surface area contributed by atoms with Crippen molar-refractivity contribution in [1.82, 2.24) is 15.2 Å².